The molecule has 0 saturated heterocycles. The second kappa shape index (κ2) is 7.07. The summed E-state index contributed by atoms with van der Waals surface area (Å²) in [6.45, 7) is 7.06. The maximum Gasteiger partial charge on any atom is 0.138 e. The molecule has 0 aromatic rings. The molecule has 0 amide bonds. The third-order valence-corrected chi connectivity index (χ3v) is 2.37. The van der Waals surface area contributed by atoms with Crippen molar-refractivity contribution in [2.45, 2.75) is 40.0 Å². The second-order valence-electron chi connectivity index (χ2n) is 4.06. The number of carbonyl (C=O) groups excluding carboxylic acids is 1. The lowest BCUT2D eigenvalue weighted by Crippen LogP contribution is -2.17. The van der Waals surface area contributed by atoms with E-state index in [9.17, 15) is 4.79 Å². The van der Waals surface area contributed by atoms with E-state index in [1.165, 1.54) is 6.42 Å². The summed E-state index contributed by atoms with van der Waals surface area (Å²) in [7, 11) is 1.96. The summed E-state index contributed by atoms with van der Waals surface area (Å²) < 4.78 is 0. The van der Waals surface area contributed by atoms with Crippen LogP contribution in [0.2, 0.25) is 0 Å². The van der Waals surface area contributed by atoms with Crippen molar-refractivity contribution in [2.24, 2.45) is 11.8 Å². The van der Waals surface area contributed by atoms with E-state index in [1.54, 1.807) is 0 Å². The van der Waals surface area contributed by atoms with Gasteiger partial charge < -0.3 is 5.32 Å². The number of rotatable bonds is 7. The molecule has 0 radical (unpaired) electrons. The molecule has 0 aromatic carbocycles. The number of ketones is 1. The van der Waals surface area contributed by atoms with Gasteiger partial charge in [-0.3, -0.25) is 4.79 Å². The van der Waals surface area contributed by atoms with Crippen molar-refractivity contribution >= 4 is 5.78 Å². The zero-order valence-corrected chi connectivity index (χ0v) is 9.39. The van der Waals surface area contributed by atoms with Gasteiger partial charge in [0.05, 0.1) is 0 Å². The molecular weight excluding hydrogens is 162 g/mol. The van der Waals surface area contributed by atoms with Gasteiger partial charge in [0, 0.05) is 11.8 Å². The topological polar surface area (TPSA) is 29.1 Å². The fourth-order valence-corrected chi connectivity index (χ4v) is 1.46. The normalized spacial score (nSPS) is 13.3. The van der Waals surface area contributed by atoms with Gasteiger partial charge >= 0.3 is 0 Å². The molecule has 0 aliphatic carbocycles. The summed E-state index contributed by atoms with van der Waals surface area (Å²) in [6.07, 6.45) is 3.37. The molecule has 0 bridgehead atoms. The molecule has 1 atom stereocenters. The number of nitrogens with one attached hydrogen (secondary N) is 1. The Balaban J connectivity index is 3.50. The van der Waals surface area contributed by atoms with Gasteiger partial charge in [-0.15, -0.1) is 0 Å². The van der Waals surface area contributed by atoms with Crippen LogP contribution in [0.15, 0.2) is 0 Å². The van der Waals surface area contributed by atoms with Crippen LogP contribution in [0, 0.1) is 11.8 Å². The van der Waals surface area contributed by atoms with Crippen LogP contribution in [0.4, 0.5) is 0 Å². The van der Waals surface area contributed by atoms with Crippen LogP contribution in [-0.4, -0.2) is 19.4 Å². The van der Waals surface area contributed by atoms with Crippen LogP contribution in [0.25, 0.3) is 0 Å². The lowest BCUT2D eigenvalue weighted by Gasteiger charge is -2.12. The van der Waals surface area contributed by atoms with Crippen molar-refractivity contribution in [3.05, 3.63) is 0 Å². The summed E-state index contributed by atoms with van der Waals surface area (Å²) in [4.78, 5) is 11.5. The molecule has 0 fully saturated rings. The van der Waals surface area contributed by atoms with E-state index >= 15 is 0 Å². The molecule has 0 rings (SSSR count). The largest absolute Gasteiger partial charge is 0.320 e. The minimum absolute atomic E-state index is 0.194. The van der Waals surface area contributed by atoms with Gasteiger partial charge in [-0.05, 0) is 26.4 Å². The maximum absolute atomic E-state index is 11.5. The fraction of sp³-hybridized carbons (Fsp3) is 0.909. The number of carbonyl (C=O) groups is 1. The van der Waals surface area contributed by atoms with Gasteiger partial charge in [-0.25, -0.2) is 0 Å². The molecule has 0 aliphatic rings. The molecule has 0 aromatic heterocycles. The van der Waals surface area contributed by atoms with Crippen LogP contribution >= 0.6 is 0 Å². The molecule has 0 spiro atoms. The Morgan fingerprint density at radius 2 is 1.85 bits per heavy atom. The van der Waals surface area contributed by atoms with E-state index < -0.39 is 0 Å². The van der Waals surface area contributed by atoms with E-state index in [1.807, 2.05) is 27.8 Å². The van der Waals surface area contributed by atoms with Crippen LogP contribution in [0.1, 0.15) is 40.0 Å². The zero-order chi connectivity index (χ0) is 10.3. The summed E-state index contributed by atoms with van der Waals surface area (Å²) in [5.41, 5.74) is 0. The average molecular weight is 185 g/mol. The highest BCUT2D eigenvalue weighted by Gasteiger charge is 2.15. The minimum Gasteiger partial charge on any atom is -0.320 e. The Hall–Kier alpha value is -0.370. The lowest BCUT2D eigenvalue weighted by molar-refractivity contribution is -0.125. The predicted octanol–water partition coefficient (Wildman–Crippen LogP) is 2.24. The lowest BCUT2D eigenvalue weighted by atomic mass is 9.92. The molecule has 78 valence electrons. The van der Waals surface area contributed by atoms with Crippen molar-refractivity contribution in [1.29, 1.82) is 0 Å². The Morgan fingerprint density at radius 1 is 1.23 bits per heavy atom. The number of hydrogen-bond donors (Lipinski definition) is 1. The summed E-state index contributed by atoms with van der Waals surface area (Å²) in [6, 6.07) is 0. The van der Waals surface area contributed by atoms with Gasteiger partial charge in [0.2, 0.25) is 0 Å². The zero-order valence-electron chi connectivity index (χ0n) is 9.39. The van der Waals surface area contributed by atoms with Crippen molar-refractivity contribution < 1.29 is 4.79 Å². The smallest absolute Gasteiger partial charge is 0.138 e. The molecule has 2 nitrogen and oxygen atoms in total. The summed E-state index contributed by atoms with van der Waals surface area (Å²) in [5, 5.41) is 3.11. The SMILES string of the molecule is CNCCCCC(C)C(=O)C(C)C. The first kappa shape index (κ1) is 12.6. The summed E-state index contributed by atoms with van der Waals surface area (Å²) >= 11 is 0. The fourth-order valence-electron chi connectivity index (χ4n) is 1.46. The predicted molar refractivity (Wildman–Crippen MR) is 56.8 cm³/mol. The van der Waals surface area contributed by atoms with Crippen molar-refractivity contribution in [3.8, 4) is 0 Å². The number of unbranched alkanes of at least 4 members (excludes halogenated alkanes) is 1. The quantitative estimate of drug-likeness (QED) is 0.616. The van der Waals surface area contributed by atoms with Gasteiger partial charge in [-0.2, -0.15) is 0 Å². The Kier molecular flexibility index (Phi) is 6.87. The molecule has 0 aliphatic heterocycles. The minimum atomic E-state index is 0.194. The van der Waals surface area contributed by atoms with E-state index in [2.05, 4.69) is 5.32 Å². The first-order valence-electron chi connectivity index (χ1n) is 5.28. The molecule has 0 saturated carbocycles. The van der Waals surface area contributed by atoms with E-state index in [0.29, 0.717) is 5.78 Å². The second-order valence-corrected chi connectivity index (χ2v) is 4.06. The van der Waals surface area contributed by atoms with Crippen LogP contribution in [0.5, 0.6) is 0 Å². The monoisotopic (exact) mass is 185 g/mol. The number of hydrogen-bond acceptors (Lipinski definition) is 2. The first-order chi connectivity index (χ1) is 6.09. The van der Waals surface area contributed by atoms with Gasteiger partial charge in [-0.1, -0.05) is 27.2 Å². The van der Waals surface area contributed by atoms with Crippen molar-refractivity contribution in [2.75, 3.05) is 13.6 Å². The molecule has 1 unspecified atom stereocenters. The molecule has 1 N–H and O–H groups in total. The van der Waals surface area contributed by atoms with Crippen LogP contribution in [0.3, 0.4) is 0 Å². The summed E-state index contributed by atoms with van der Waals surface area (Å²) in [5.74, 6) is 0.848. The molecular formula is C11H23NO. The first-order valence-corrected chi connectivity index (χ1v) is 5.28. The molecule has 2 heteroatoms. The van der Waals surface area contributed by atoms with E-state index in [4.69, 9.17) is 0 Å². The third-order valence-electron chi connectivity index (χ3n) is 2.37. The van der Waals surface area contributed by atoms with Gasteiger partial charge in [0.1, 0.15) is 5.78 Å². The standard InChI is InChI=1S/C11H23NO/c1-9(2)11(13)10(3)7-5-6-8-12-4/h9-10,12H,5-8H2,1-4H3. The Labute approximate surface area is 82.1 Å². The van der Waals surface area contributed by atoms with Crippen molar-refractivity contribution in [1.82, 2.24) is 5.32 Å². The average Bonchev–Trinajstić information content (AvgIpc) is 2.10. The van der Waals surface area contributed by atoms with Crippen LogP contribution < -0.4 is 5.32 Å². The molecule has 13 heavy (non-hydrogen) atoms. The van der Waals surface area contributed by atoms with E-state index in [0.717, 1.165) is 19.4 Å². The highest BCUT2D eigenvalue weighted by Crippen LogP contribution is 2.13. The highest BCUT2D eigenvalue weighted by atomic mass is 16.1. The Morgan fingerprint density at radius 3 is 2.31 bits per heavy atom. The van der Waals surface area contributed by atoms with Gasteiger partial charge in [0.15, 0.2) is 0 Å². The highest BCUT2D eigenvalue weighted by molar-refractivity contribution is 5.82. The Bertz CT molecular complexity index is 143. The number of Topliss-reactive ketones (excluding diaryl/α,β-unsaturated/α-hetero) is 1. The van der Waals surface area contributed by atoms with Crippen LogP contribution in [-0.2, 0) is 4.79 Å². The van der Waals surface area contributed by atoms with Crippen molar-refractivity contribution in [3.63, 3.8) is 0 Å². The van der Waals surface area contributed by atoms with E-state index in [-0.39, 0.29) is 11.8 Å². The molecule has 0 heterocycles. The maximum atomic E-state index is 11.5. The van der Waals surface area contributed by atoms with Gasteiger partial charge in [0.25, 0.3) is 0 Å². The third kappa shape index (κ3) is 5.81.